The minimum Gasteiger partial charge on any atom is -0.103 e. The molecule has 0 amide bonds. The Kier molecular flexibility index (Phi) is 7.42. The summed E-state index contributed by atoms with van der Waals surface area (Å²) in [5, 5.41) is 0. The summed E-state index contributed by atoms with van der Waals surface area (Å²) in [6, 6.07) is 0. The highest BCUT2D eigenvalue weighted by molar-refractivity contribution is 9.09. The van der Waals surface area contributed by atoms with Crippen molar-refractivity contribution in [2.75, 3.05) is 0 Å². The second-order valence-corrected chi connectivity index (χ2v) is 6.21. The van der Waals surface area contributed by atoms with Gasteiger partial charge in [-0.2, -0.15) is 0 Å². The molecule has 0 heterocycles. The van der Waals surface area contributed by atoms with E-state index in [0.717, 1.165) is 10.7 Å². The third kappa shape index (κ3) is 6.40. The van der Waals surface area contributed by atoms with Crippen LogP contribution in [0.5, 0.6) is 0 Å². The summed E-state index contributed by atoms with van der Waals surface area (Å²) in [5.41, 5.74) is 0. The highest BCUT2D eigenvalue weighted by Crippen LogP contribution is 2.30. The minimum absolute atomic E-state index is 0.804. The van der Waals surface area contributed by atoms with Crippen molar-refractivity contribution in [3.05, 3.63) is 12.7 Å². The number of unbranched alkanes of at least 4 members (excludes halogenated alkanes) is 3. The first-order valence-electron chi connectivity index (χ1n) is 6.58. The predicted molar refractivity (Wildman–Crippen MR) is 72.6 cm³/mol. The van der Waals surface area contributed by atoms with Crippen molar-refractivity contribution in [1.82, 2.24) is 0 Å². The highest BCUT2D eigenvalue weighted by Gasteiger charge is 2.17. The maximum absolute atomic E-state index is 3.80. The summed E-state index contributed by atoms with van der Waals surface area (Å²) in [6.07, 6.45) is 16.0. The Labute approximate surface area is 104 Å². The quantitative estimate of drug-likeness (QED) is 0.260. The van der Waals surface area contributed by atoms with Gasteiger partial charge < -0.3 is 0 Å². The lowest BCUT2D eigenvalue weighted by Gasteiger charge is -2.15. The van der Waals surface area contributed by atoms with E-state index in [2.05, 4.69) is 22.5 Å². The Morgan fingerprint density at radius 2 is 1.93 bits per heavy atom. The third-order valence-corrected chi connectivity index (χ3v) is 4.32. The number of allylic oxidation sites excluding steroid dienone is 1. The normalized spacial score (nSPS) is 27.3. The molecule has 1 rings (SSSR count). The lowest BCUT2D eigenvalue weighted by atomic mass is 9.93. The first-order valence-corrected chi connectivity index (χ1v) is 7.49. The van der Waals surface area contributed by atoms with Crippen LogP contribution in [0.25, 0.3) is 0 Å². The smallest absolute Gasteiger partial charge is 0.0148 e. The monoisotopic (exact) mass is 272 g/mol. The summed E-state index contributed by atoms with van der Waals surface area (Å²) >= 11 is 3.80. The molecule has 2 unspecified atom stereocenters. The van der Waals surface area contributed by atoms with E-state index in [0.29, 0.717) is 0 Å². The van der Waals surface area contributed by atoms with Gasteiger partial charge in [0.1, 0.15) is 0 Å². The van der Waals surface area contributed by atoms with Gasteiger partial charge in [0.15, 0.2) is 0 Å². The van der Waals surface area contributed by atoms with Gasteiger partial charge in [-0.3, -0.25) is 0 Å². The van der Waals surface area contributed by atoms with Crippen molar-refractivity contribution in [2.45, 2.75) is 69.0 Å². The Balaban J connectivity index is 2.05. The van der Waals surface area contributed by atoms with E-state index in [-0.39, 0.29) is 0 Å². The van der Waals surface area contributed by atoms with E-state index in [4.69, 9.17) is 0 Å². The van der Waals surface area contributed by atoms with E-state index in [1.54, 1.807) is 0 Å². The molecule has 0 saturated heterocycles. The molecule has 2 atom stereocenters. The summed E-state index contributed by atoms with van der Waals surface area (Å²) in [4.78, 5) is 0.804. The molecule has 0 aliphatic heterocycles. The summed E-state index contributed by atoms with van der Waals surface area (Å²) in [5.74, 6) is 1.00. The molecule has 1 aliphatic rings. The number of rotatable bonds is 6. The summed E-state index contributed by atoms with van der Waals surface area (Å²) < 4.78 is 0. The van der Waals surface area contributed by atoms with Crippen molar-refractivity contribution >= 4 is 15.9 Å². The average molecular weight is 273 g/mol. The van der Waals surface area contributed by atoms with E-state index in [1.165, 1.54) is 64.2 Å². The fourth-order valence-corrected chi connectivity index (χ4v) is 3.41. The second kappa shape index (κ2) is 8.38. The lowest BCUT2D eigenvalue weighted by molar-refractivity contribution is 0.412. The fourth-order valence-electron chi connectivity index (χ4n) is 2.56. The Hall–Kier alpha value is 0.220. The van der Waals surface area contributed by atoms with Gasteiger partial charge in [0.05, 0.1) is 0 Å². The molecule has 0 aromatic rings. The lowest BCUT2D eigenvalue weighted by Crippen LogP contribution is -2.05. The van der Waals surface area contributed by atoms with Crippen LogP contribution in [0.15, 0.2) is 12.7 Å². The number of alkyl halides is 1. The third-order valence-electron chi connectivity index (χ3n) is 3.49. The maximum atomic E-state index is 3.80. The van der Waals surface area contributed by atoms with E-state index < -0.39 is 0 Å². The van der Waals surface area contributed by atoms with Crippen LogP contribution in [-0.2, 0) is 0 Å². The molecule has 1 fully saturated rings. The van der Waals surface area contributed by atoms with Crippen LogP contribution in [0.3, 0.4) is 0 Å². The molecule has 0 radical (unpaired) electrons. The predicted octanol–water partition coefficient (Wildman–Crippen LogP) is 5.47. The average Bonchev–Trinajstić information content (AvgIpc) is 2.43. The number of hydrogen-bond acceptors (Lipinski definition) is 0. The zero-order chi connectivity index (χ0) is 10.9. The molecule has 1 aliphatic carbocycles. The molecule has 88 valence electrons. The molecule has 1 saturated carbocycles. The Morgan fingerprint density at radius 1 is 1.13 bits per heavy atom. The molecular weight excluding hydrogens is 248 g/mol. The number of hydrogen-bond donors (Lipinski definition) is 0. The SMILES string of the molecule is C=CCCCCCC1CCCCC(Br)C1. The van der Waals surface area contributed by atoms with Crippen molar-refractivity contribution < 1.29 is 0 Å². The first kappa shape index (κ1) is 13.3. The molecule has 0 aromatic heterocycles. The maximum Gasteiger partial charge on any atom is 0.0148 e. The zero-order valence-corrected chi connectivity index (χ0v) is 11.5. The molecule has 1 heteroatoms. The first-order chi connectivity index (χ1) is 7.33. The Morgan fingerprint density at radius 3 is 2.73 bits per heavy atom. The second-order valence-electron chi connectivity index (χ2n) is 4.91. The topological polar surface area (TPSA) is 0 Å². The molecule has 15 heavy (non-hydrogen) atoms. The fraction of sp³-hybridized carbons (Fsp3) is 0.857. The van der Waals surface area contributed by atoms with E-state index >= 15 is 0 Å². The molecular formula is C14H25Br. The largest absolute Gasteiger partial charge is 0.103 e. The van der Waals surface area contributed by atoms with Gasteiger partial charge in [0, 0.05) is 4.83 Å². The van der Waals surface area contributed by atoms with Gasteiger partial charge in [-0.05, 0) is 31.6 Å². The van der Waals surface area contributed by atoms with Crippen LogP contribution in [-0.4, -0.2) is 4.83 Å². The van der Waals surface area contributed by atoms with Gasteiger partial charge in [-0.25, -0.2) is 0 Å². The zero-order valence-electron chi connectivity index (χ0n) is 9.89. The standard InChI is InChI=1S/C14H25Br/c1-2-3-4-5-6-9-13-10-7-8-11-14(15)12-13/h2,13-14H,1,3-12H2. The van der Waals surface area contributed by atoms with E-state index in [9.17, 15) is 0 Å². The number of halogens is 1. The molecule has 0 nitrogen and oxygen atoms in total. The molecule has 0 bridgehead atoms. The van der Waals surface area contributed by atoms with Crippen LogP contribution < -0.4 is 0 Å². The molecule has 0 aromatic carbocycles. The van der Waals surface area contributed by atoms with Crippen LogP contribution in [0.1, 0.15) is 64.2 Å². The van der Waals surface area contributed by atoms with Crippen LogP contribution >= 0.6 is 15.9 Å². The van der Waals surface area contributed by atoms with Gasteiger partial charge >= 0.3 is 0 Å². The highest BCUT2D eigenvalue weighted by atomic mass is 79.9. The van der Waals surface area contributed by atoms with E-state index in [1.807, 2.05) is 6.08 Å². The Bertz CT molecular complexity index is 165. The van der Waals surface area contributed by atoms with Gasteiger partial charge in [-0.15, -0.1) is 6.58 Å². The minimum atomic E-state index is 0.804. The molecule has 0 spiro atoms. The van der Waals surface area contributed by atoms with Gasteiger partial charge in [-0.1, -0.05) is 60.5 Å². The van der Waals surface area contributed by atoms with Crippen LogP contribution in [0, 0.1) is 5.92 Å². The van der Waals surface area contributed by atoms with Crippen molar-refractivity contribution in [2.24, 2.45) is 5.92 Å². The van der Waals surface area contributed by atoms with Crippen molar-refractivity contribution in [1.29, 1.82) is 0 Å². The van der Waals surface area contributed by atoms with Crippen molar-refractivity contribution in [3.63, 3.8) is 0 Å². The molecule has 0 N–H and O–H groups in total. The van der Waals surface area contributed by atoms with Crippen molar-refractivity contribution in [3.8, 4) is 0 Å². The van der Waals surface area contributed by atoms with Gasteiger partial charge in [0.25, 0.3) is 0 Å². The summed E-state index contributed by atoms with van der Waals surface area (Å²) in [7, 11) is 0. The van der Waals surface area contributed by atoms with Gasteiger partial charge in [0.2, 0.25) is 0 Å². The summed E-state index contributed by atoms with van der Waals surface area (Å²) in [6.45, 7) is 3.76. The van der Waals surface area contributed by atoms with Crippen LogP contribution in [0.4, 0.5) is 0 Å². The van der Waals surface area contributed by atoms with Crippen LogP contribution in [0.2, 0.25) is 0 Å².